The van der Waals surface area contributed by atoms with Crippen LogP contribution in [0.15, 0.2) is 77.5 Å². The van der Waals surface area contributed by atoms with Crippen LogP contribution in [-0.2, 0) is 6.18 Å². The summed E-state index contributed by atoms with van der Waals surface area (Å²) in [6.07, 6.45) is 2.01. The average Bonchev–Trinajstić information content (AvgIpc) is 3.21. The molecule has 31 heavy (non-hydrogen) atoms. The molecule has 0 spiro atoms. The summed E-state index contributed by atoms with van der Waals surface area (Å²) in [7, 11) is 0. The molecule has 0 fully saturated rings. The van der Waals surface area contributed by atoms with Crippen molar-refractivity contribution in [2.75, 3.05) is 5.32 Å². The van der Waals surface area contributed by atoms with Gasteiger partial charge in [0.05, 0.1) is 11.8 Å². The summed E-state index contributed by atoms with van der Waals surface area (Å²) >= 11 is 0. The molecule has 4 rings (SSSR count). The zero-order chi connectivity index (χ0) is 21.8. The number of pyridine rings is 1. The number of halogens is 3. The van der Waals surface area contributed by atoms with E-state index >= 15 is 0 Å². The topological polar surface area (TPSA) is 51.0 Å². The Balaban J connectivity index is 1.51. The van der Waals surface area contributed by atoms with Crippen molar-refractivity contribution in [3.63, 3.8) is 0 Å². The molecule has 2 aromatic heterocycles. The third kappa shape index (κ3) is 5.19. The van der Waals surface area contributed by atoms with Gasteiger partial charge >= 0.3 is 6.18 Å². The largest absolute Gasteiger partial charge is 0.437 e. The molecule has 2 heterocycles. The van der Waals surface area contributed by atoms with Crippen LogP contribution in [0.3, 0.4) is 0 Å². The fourth-order valence-electron chi connectivity index (χ4n) is 2.99. The van der Waals surface area contributed by atoms with Crippen molar-refractivity contribution in [1.82, 2.24) is 9.97 Å². The summed E-state index contributed by atoms with van der Waals surface area (Å²) in [4.78, 5) is 8.49. The van der Waals surface area contributed by atoms with Crippen LogP contribution >= 0.6 is 0 Å². The van der Waals surface area contributed by atoms with Gasteiger partial charge in [0.2, 0.25) is 5.89 Å². The van der Waals surface area contributed by atoms with Gasteiger partial charge in [0, 0.05) is 23.5 Å². The van der Waals surface area contributed by atoms with Gasteiger partial charge in [-0.2, -0.15) is 13.2 Å². The second kappa shape index (κ2) is 8.47. The van der Waals surface area contributed by atoms with E-state index in [1.165, 1.54) is 18.2 Å². The van der Waals surface area contributed by atoms with Gasteiger partial charge in [0.25, 0.3) is 0 Å². The maximum absolute atomic E-state index is 12.8. The van der Waals surface area contributed by atoms with Crippen LogP contribution < -0.4 is 5.32 Å². The molecule has 0 aliphatic rings. The van der Waals surface area contributed by atoms with Crippen molar-refractivity contribution < 1.29 is 17.6 Å². The third-order valence-electron chi connectivity index (χ3n) is 4.49. The number of benzene rings is 2. The van der Waals surface area contributed by atoms with Gasteiger partial charge in [-0.25, -0.2) is 9.97 Å². The molecule has 7 heteroatoms. The highest BCUT2D eigenvalue weighted by Gasteiger charge is 2.30. The molecule has 0 radical (unpaired) electrons. The number of aromatic nitrogens is 2. The summed E-state index contributed by atoms with van der Waals surface area (Å²) in [6, 6.07) is 16.5. The summed E-state index contributed by atoms with van der Waals surface area (Å²) in [6.45, 7) is 1.99. The van der Waals surface area contributed by atoms with Gasteiger partial charge in [0.1, 0.15) is 5.82 Å². The first kappa shape index (κ1) is 20.4. The lowest BCUT2D eigenvalue weighted by Crippen LogP contribution is -2.04. The van der Waals surface area contributed by atoms with E-state index in [1.807, 2.05) is 43.3 Å². The minimum absolute atomic E-state index is 0.297. The third-order valence-corrected chi connectivity index (χ3v) is 4.49. The Bertz CT molecular complexity index is 1230. The summed E-state index contributed by atoms with van der Waals surface area (Å²) in [5, 5.41) is 3.25. The molecule has 4 nitrogen and oxygen atoms in total. The summed E-state index contributed by atoms with van der Waals surface area (Å²) in [5.41, 5.74) is 2.46. The van der Waals surface area contributed by atoms with Crippen LogP contribution in [-0.4, -0.2) is 9.97 Å². The maximum atomic E-state index is 12.8. The van der Waals surface area contributed by atoms with Crippen molar-refractivity contribution in [2.45, 2.75) is 13.1 Å². The Morgan fingerprint density at radius 2 is 1.77 bits per heavy atom. The van der Waals surface area contributed by atoms with E-state index < -0.39 is 11.7 Å². The number of rotatable bonds is 5. The van der Waals surface area contributed by atoms with Crippen molar-refractivity contribution in [2.24, 2.45) is 0 Å². The fourth-order valence-corrected chi connectivity index (χ4v) is 2.99. The second-order valence-corrected chi connectivity index (χ2v) is 6.94. The number of alkyl halides is 3. The molecule has 2 aromatic carbocycles. The SMILES string of the molecule is Cc1ccnc(Nc2cccc(-c3cnc(/C=C/c4cccc(C(F)(F)F)c4)o3)c2)c1. The predicted molar refractivity (Wildman–Crippen MR) is 115 cm³/mol. The predicted octanol–water partition coefficient (Wildman–Crippen LogP) is 6.98. The van der Waals surface area contributed by atoms with E-state index in [9.17, 15) is 13.2 Å². The first-order valence-electron chi connectivity index (χ1n) is 9.48. The minimum atomic E-state index is -4.38. The normalized spacial score (nSPS) is 11.7. The smallest absolute Gasteiger partial charge is 0.416 e. The minimum Gasteiger partial charge on any atom is -0.437 e. The lowest BCUT2D eigenvalue weighted by atomic mass is 10.1. The number of nitrogens with one attached hydrogen (secondary N) is 1. The van der Waals surface area contributed by atoms with E-state index in [0.717, 1.165) is 34.8 Å². The molecule has 156 valence electrons. The lowest BCUT2D eigenvalue weighted by Gasteiger charge is -2.07. The number of hydrogen-bond donors (Lipinski definition) is 1. The maximum Gasteiger partial charge on any atom is 0.416 e. The lowest BCUT2D eigenvalue weighted by molar-refractivity contribution is -0.137. The fraction of sp³-hybridized carbons (Fsp3) is 0.0833. The zero-order valence-electron chi connectivity index (χ0n) is 16.5. The molecule has 0 saturated carbocycles. The molecular weight excluding hydrogens is 403 g/mol. The highest BCUT2D eigenvalue weighted by atomic mass is 19.4. The molecular formula is C24H18F3N3O. The van der Waals surface area contributed by atoms with Gasteiger partial charge in [0.15, 0.2) is 5.76 Å². The van der Waals surface area contributed by atoms with Gasteiger partial charge in [-0.1, -0.05) is 24.3 Å². The zero-order valence-corrected chi connectivity index (χ0v) is 16.5. The van der Waals surface area contributed by atoms with Crippen LogP contribution in [0.25, 0.3) is 23.5 Å². The molecule has 0 aliphatic heterocycles. The number of aryl methyl sites for hydroxylation is 1. The molecule has 0 unspecified atom stereocenters. The Hall–Kier alpha value is -3.87. The van der Waals surface area contributed by atoms with Crippen LogP contribution in [0, 0.1) is 6.92 Å². The van der Waals surface area contributed by atoms with Crippen molar-refractivity contribution in [3.8, 4) is 11.3 Å². The first-order valence-corrected chi connectivity index (χ1v) is 9.48. The first-order chi connectivity index (χ1) is 14.9. The second-order valence-electron chi connectivity index (χ2n) is 6.94. The van der Waals surface area contributed by atoms with E-state index in [2.05, 4.69) is 15.3 Å². The molecule has 0 bridgehead atoms. The van der Waals surface area contributed by atoms with Gasteiger partial charge in [-0.15, -0.1) is 0 Å². The Labute approximate surface area is 177 Å². The van der Waals surface area contributed by atoms with Crippen LogP contribution in [0.2, 0.25) is 0 Å². The van der Waals surface area contributed by atoms with Gasteiger partial charge < -0.3 is 9.73 Å². The van der Waals surface area contributed by atoms with E-state index in [0.29, 0.717) is 17.2 Å². The number of anilines is 2. The van der Waals surface area contributed by atoms with Crippen LogP contribution in [0.4, 0.5) is 24.7 Å². The molecule has 4 aromatic rings. The number of oxazole rings is 1. The molecule has 0 saturated heterocycles. The monoisotopic (exact) mass is 421 g/mol. The van der Waals surface area contributed by atoms with Gasteiger partial charge in [-0.05, 0) is 60.5 Å². The van der Waals surface area contributed by atoms with E-state index in [1.54, 1.807) is 18.5 Å². The van der Waals surface area contributed by atoms with E-state index in [4.69, 9.17) is 4.42 Å². The Morgan fingerprint density at radius 3 is 2.58 bits per heavy atom. The van der Waals surface area contributed by atoms with Crippen LogP contribution in [0.1, 0.15) is 22.6 Å². The molecule has 0 aliphatic carbocycles. The molecule has 0 atom stereocenters. The number of nitrogens with zero attached hydrogens (tertiary/aromatic N) is 2. The van der Waals surface area contributed by atoms with Gasteiger partial charge in [-0.3, -0.25) is 0 Å². The summed E-state index contributed by atoms with van der Waals surface area (Å²) < 4.78 is 44.3. The molecule has 0 amide bonds. The van der Waals surface area contributed by atoms with Crippen molar-refractivity contribution in [3.05, 3.63) is 95.6 Å². The highest BCUT2D eigenvalue weighted by molar-refractivity contribution is 5.69. The average molecular weight is 421 g/mol. The Kier molecular flexibility index (Phi) is 5.58. The molecule has 1 N–H and O–H groups in total. The summed E-state index contributed by atoms with van der Waals surface area (Å²) in [5.74, 6) is 1.58. The highest BCUT2D eigenvalue weighted by Crippen LogP contribution is 2.30. The quantitative estimate of drug-likeness (QED) is 0.378. The van der Waals surface area contributed by atoms with Crippen molar-refractivity contribution >= 4 is 23.7 Å². The van der Waals surface area contributed by atoms with Crippen molar-refractivity contribution in [1.29, 1.82) is 0 Å². The van der Waals surface area contributed by atoms with E-state index in [-0.39, 0.29) is 0 Å². The number of hydrogen-bond acceptors (Lipinski definition) is 4. The Morgan fingerprint density at radius 1 is 0.935 bits per heavy atom. The van der Waals surface area contributed by atoms with Crippen LogP contribution in [0.5, 0.6) is 0 Å². The standard InChI is InChI=1S/C24H18F3N3O/c1-16-10-11-28-22(12-16)30-20-7-3-5-18(14-20)21-15-29-23(31-21)9-8-17-4-2-6-19(13-17)24(25,26)27/h2-15H,1H3,(H,28,30)/b9-8+.